The number of guanidine groups is 1. The molecule has 0 bridgehead atoms. The number of nitrogens with two attached hydrogens (primary N) is 1. The molecule has 0 radical (unpaired) electrons. The van der Waals surface area contributed by atoms with E-state index in [1.165, 1.54) is 24.8 Å². The van der Waals surface area contributed by atoms with E-state index >= 15 is 0 Å². The second-order valence-corrected chi connectivity index (χ2v) is 5.42. The summed E-state index contributed by atoms with van der Waals surface area (Å²) in [6, 6.07) is 6.18. The van der Waals surface area contributed by atoms with Gasteiger partial charge in [-0.25, -0.2) is 4.99 Å². The molecule has 0 saturated heterocycles. The Morgan fingerprint density at radius 2 is 2.19 bits per heavy atom. The van der Waals surface area contributed by atoms with Gasteiger partial charge in [0.25, 0.3) is 0 Å². The topological polar surface area (TPSA) is 59.6 Å². The Hall–Kier alpha value is -0.980. The van der Waals surface area contributed by atoms with E-state index < -0.39 is 0 Å². The first kappa shape index (κ1) is 18.1. The van der Waals surface area contributed by atoms with Crippen LogP contribution in [0.15, 0.2) is 23.2 Å². The van der Waals surface area contributed by atoms with Crippen molar-refractivity contribution >= 4 is 29.9 Å². The van der Waals surface area contributed by atoms with Crippen LogP contribution in [0.2, 0.25) is 0 Å². The van der Waals surface area contributed by atoms with Gasteiger partial charge in [0, 0.05) is 12.1 Å². The molecule has 3 N–H and O–H groups in total. The monoisotopic (exact) mass is 403 g/mol. The third-order valence-corrected chi connectivity index (χ3v) is 3.74. The lowest BCUT2D eigenvalue weighted by atomic mass is 9.85. The van der Waals surface area contributed by atoms with Gasteiger partial charge in [-0.15, -0.1) is 24.0 Å². The van der Waals surface area contributed by atoms with Crippen molar-refractivity contribution in [1.29, 1.82) is 0 Å². The molecular weight excluding hydrogens is 377 g/mol. The molecule has 0 heterocycles. The first-order valence-electron chi connectivity index (χ1n) is 7.45. The van der Waals surface area contributed by atoms with Crippen molar-refractivity contribution < 1.29 is 4.74 Å². The molecule has 1 aromatic rings. The Morgan fingerprint density at radius 1 is 1.43 bits per heavy atom. The van der Waals surface area contributed by atoms with Gasteiger partial charge in [-0.3, -0.25) is 0 Å². The summed E-state index contributed by atoms with van der Waals surface area (Å²) in [4.78, 5) is 4.40. The van der Waals surface area contributed by atoms with Crippen molar-refractivity contribution in [2.75, 3.05) is 13.2 Å². The fourth-order valence-corrected chi connectivity index (χ4v) is 2.25. The van der Waals surface area contributed by atoms with Crippen molar-refractivity contribution in [1.82, 2.24) is 5.32 Å². The van der Waals surface area contributed by atoms with Gasteiger partial charge in [-0.2, -0.15) is 0 Å². The van der Waals surface area contributed by atoms with Crippen LogP contribution >= 0.6 is 24.0 Å². The smallest absolute Gasteiger partial charge is 0.188 e. The fraction of sp³-hybridized carbons (Fsp3) is 0.562. The van der Waals surface area contributed by atoms with E-state index in [0.717, 1.165) is 23.8 Å². The molecule has 118 valence electrons. The number of nitrogens with one attached hydrogen (secondary N) is 1. The minimum absolute atomic E-state index is 0. The van der Waals surface area contributed by atoms with Crippen LogP contribution in [0, 0.1) is 12.8 Å². The average molecular weight is 403 g/mol. The van der Waals surface area contributed by atoms with Crippen LogP contribution in [0.3, 0.4) is 0 Å². The van der Waals surface area contributed by atoms with E-state index in [0.29, 0.717) is 19.1 Å². The molecule has 2 rings (SSSR count). The van der Waals surface area contributed by atoms with Gasteiger partial charge >= 0.3 is 0 Å². The number of benzene rings is 1. The highest BCUT2D eigenvalue weighted by atomic mass is 127. The maximum atomic E-state index is 5.90. The number of hydrogen-bond acceptors (Lipinski definition) is 2. The fourth-order valence-electron chi connectivity index (χ4n) is 2.25. The van der Waals surface area contributed by atoms with Crippen molar-refractivity contribution in [2.45, 2.75) is 39.7 Å². The maximum Gasteiger partial charge on any atom is 0.188 e. The highest BCUT2D eigenvalue weighted by molar-refractivity contribution is 14.0. The Labute approximate surface area is 144 Å². The Kier molecular flexibility index (Phi) is 7.85. The molecule has 4 nitrogen and oxygen atoms in total. The Balaban J connectivity index is 0.00000220. The van der Waals surface area contributed by atoms with Gasteiger partial charge in [-0.1, -0.05) is 18.6 Å². The number of nitrogens with zero attached hydrogens (tertiary/aromatic N) is 1. The summed E-state index contributed by atoms with van der Waals surface area (Å²) in [5.74, 6) is 2.21. The molecule has 1 fully saturated rings. The van der Waals surface area contributed by atoms with Gasteiger partial charge in [0.2, 0.25) is 0 Å². The predicted octanol–water partition coefficient (Wildman–Crippen LogP) is 3.22. The van der Waals surface area contributed by atoms with Crippen LogP contribution < -0.4 is 15.8 Å². The molecule has 1 aromatic carbocycles. The van der Waals surface area contributed by atoms with E-state index in [2.05, 4.69) is 29.4 Å². The minimum Gasteiger partial charge on any atom is -0.494 e. The minimum atomic E-state index is 0. The van der Waals surface area contributed by atoms with Gasteiger partial charge in [0.15, 0.2) is 5.96 Å². The summed E-state index contributed by atoms with van der Waals surface area (Å²) >= 11 is 0. The lowest BCUT2D eigenvalue weighted by Gasteiger charge is -2.25. The molecule has 0 spiro atoms. The van der Waals surface area contributed by atoms with E-state index in [9.17, 15) is 0 Å². The summed E-state index contributed by atoms with van der Waals surface area (Å²) in [6.45, 7) is 6.21. The SMILES string of the molecule is CCOc1cc(C)ccc1CN=C(N)NCC1CCC1.I. The molecule has 5 heteroatoms. The summed E-state index contributed by atoms with van der Waals surface area (Å²) in [5, 5.41) is 3.20. The van der Waals surface area contributed by atoms with Crippen molar-refractivity contribution in [3.63, 3.8) is 0 Å². The zero-order chi connectivity index (χ0) is 14.4. The average Bonchev–Trinajstić information content (AvgIpc) is 2.36. The molecular formula is C16H26IN3O. The van der Waals surface area contributed by atoms with E-state index in [1.54, 1.807) is 0 Å². The highest BCUT2D eigenvalue weighted by Crippen LogP contribution is 2.25. The third kappa shape index (κ3) is 5.73. The van der Waals surface area contributed by atoms with Crippen LogP contribution in [0.1, 0.15) is 37.3 Å². The van der Waals surface area contributed by atoms with Gasteiger partial charge in [0.05, 0.1) is 13.2 Å². The molecule has 0 atom stereocenters. The largest absolute Gasteiger partial charge is 0.494 e. The third-order valence-electron chi connectivity index (χ3n) is 3.74. The molecule has 0 aromatic heterocycles. The number of aryl methyl sites for hydroxylation is 1. The molecule has 0 unspecified atom stereocenters. The van der Waals surface area contributed by atoms with Crippen molar-refractivity contribution in [3.8, 4) is 5.75 Å². The van der Waals surface area contributed by atoms with Gasteiger partial charge < -0.3 is 15.8 Å². The highest BCUT2D eigenvalue weighted by Gasteiger charge is 2.16. The molecule has 1 aliphatic rings. The quantitative estimate of drug-likeness (QED) is 0.436. The van der Waals surface area contributed by atoms with Gasteiger partial charge in [0.1, 0.15) is 5.75 Å². The number of hydrogen-bond donors (Lipinski definition) is 2. The second kappa shape index (κ2) is 9.12. The first-order chi connectivity index (χ1) is 9.69. The zero-order valence-corrected chi connectivity index (χ0v) is 15.2. The van der Waals surface area contributed by atoms with Crippen LogP contribution in [-0.2, 0) is 6.54 Å². The van der Waals surface area contributed by atoms with E-state index in [1.807, 2.05) is 13.0 Å². The van der Waals surface area contributed by atoms with Crippen LogP contribution in [0.25, 0.3) is 0 Å². The predicted molar refractivity (Wildman–Crippen MR) is 98.4 cm³/mol. The van der Waals surface area contributed by atoms with Crippen LogP contribution in [0.5, 0.6) is 5.75 Å². The summed E-state index contributed by atoms with van der Waals surface area (Å²) in [7, 11) is 0. The normalized spacial score (nSPS) is 15.0. The number of halogens is 1. The lowest BCUT2D eigenvalue weighted by Crippen LogP contribution is -2.37. The molecule has 0 aliphatic heterocycles. The summed E-state index contributed by atoms with van der Waals surface area (Å²) < 4.78 is 5.64. The Morgan fingerprint density at radius 3 is 2.81 bits per heavy atom. The molecule has 0 amide bonds. The maximum absolute atomic E-state index is 5.90. The van der Waals surface area contributed by atoms with E-state index in [4.69, 9.17) is 10.5 Å². The van der Waals surface area contributed by atoms with Crippen molar-refractivity contribution in [2.24, 2.45) is 16.6 Å². The standard InChI is InChI=1S/C16H25N3O.HI/c1-3-20-15-9-12(2)7-8-14(15)11-19-16(17)18-10-13-5-4-6-13;/h7-9,13H,3-6,10-11H2,1-2H3,(H3,17,18,19);1H. The van der Waals surface area contributed by atoms with Crippen LogP contribution in [-0.4, -0.2) is 19.1 Å². The number of rotatable bonds is 6. The second-order valence-electron chi connectivity index (χ2n) is 5.42. The van der Waals surface area contributed by atoms with E-state index in [-0.39, 0.29) is 24.0 Å². The van der Waals surface area contributed by atoms with Crippen LogP contribution in [0.4, 0.5) is 0 Å². The molecule has 1 aliphatic carbocycles. The first-order valence-corrected chi connectivity index (χ1v) is 7.45. The molecule has 21 heavy (non-hydrogen) atoms. The summed E-state index contributed by atoms with van der Waals surface area (Å²) in [5.41, 5.74) is 8.17. The Bertz CT molecular complexity index is 473. The number of ether oxygens (including phenoxy) is 1. The lowest BCUT2D eigenvalue weighted by molar-refractivity contribution is 0.315. The van der Waals surface area contributed by atoms with Gasteiger partial charge in [-0.05, 0) is 44.2 Å². The molecule has 1 saturated carbocycles. The van der Waals surface area contributed by atoms with Crippen molar-refractivity contribution in [3.05, 3.63) is 29.3 Å². The zero-order valence-electron chi connectivity index (χ0n) is 12.9. The number of aliphatic imine (C=N–C) groups is 1. The summed E-state index contributed by atoms with van der Waals surface area (Å²) in [6.07, 6.45) is 3.98.